The summed E-state index contributed by atoms with van der Waals surface area (Å²) in [6, 6.07) is 15.2. The van der Waals surface area contributed by atoms with Crippen molar-refractivity contribution in [1.29, 1.82) is 0 Å². The Hall–Kier alpha value is -1.72. The number of non-ortho nitro benzene ring substituents is 1. The van der Waals surface area contributed by atoms with Crippen molar-refractivity contribution in [3.8, 4) is 0 Å². The second-order valence-electron chi connectivity index (χ2n) is 4.90. The van der Waals surface area contributed by atoms with Gasteiger partial charge < -0.3 is 5.32 Å². The Morgan fingerprint density at radius 2 is 1.76 bits per heavy atom. The minimum absolute atomic E-state index is 0.134. The first-order valence-electron chi connectivity index (χ1n) is 6.78. The molecule has 0 aromatic heterocycles. The predicted molar refractivity (Wildman–Crippen MR) is 87.4 cm³/mol. The third-order valence-corrected chi connectivity index (χ3v) is 3.91. The van der Waals surface area contributed by atoms with Crippen molar-refractivity contribution in [2.75, 3.05) is 6.54 Å². The van der Waals surface area contributed by atoms with Crippen molar-refractivity contribution in [3.63, 3.8) is 0 Å². The largest absolute Gasteiger partial charge is 0.310 e. The molecule has 4 nitrogen and oxygen atoms in total. The average Bonchev–Trinajstić information content (AvgIpc) is 2.48. The van der Waals surface area contributed by atoms with Gasteiger partial charge in [-0.25, -0.2) is 0 Å². The summed E-state index contributed by atoms with van der Waals surface area (Å²) in [6.45, 7) is 2.95. The van der Waals surface area contributed by atoms with E-state index in [1.807, 2.05) is 24.3 Å². The molecule has 110 valence electrons. The predicted octanol–water partition coefficient (Wildman–Crippen LogP) is 4.25. The first-order chi connectivity index (χ1) is 10.1. The fourth-order valence-corrected chi connectivity index (χ4v) is 2.35. The zero-order valence-electron chi connectivity index (χ0n) is 11.8. The van der Waals surface area contributed by atoms with Crippen LogP contribution in [0, 0.1) is 10.1 Å². The molecule has 0 unspecified atom stereocenters. The molecule has 21 heavy (non-hydrogen) atoms. The van der Waals surface area contributed by atoms with Gasteiger partial charge in [-0.05, 0) is 43.1 Å². The maximum absolute atomic E-state index is 10.6. The summed E-state index contributed by atoms with van der Waals surface area (Å²) in [5.41, 5.74) is 2.47. The number of nitrogens with zero attached hydrogens (tertiary/aromatic N) is 1. The van der Waals surface area contributed by atoms with Crippen molar-refractivity contribution >= 4 is 21.6 Å². The van der Waals surface area contributed by atoms with Gasteiger partial charge in [0.25, 0.3) is 5.69 Å². The third kappa shape index (κ3) is 4.65. The van der Waals surface area contributed by atoms with Crippen LogP contribution in [-0.2, 0) is 6.42 Å². The summed E-state index contributed by atoms with van der Waals surface area (Å²) >= 11 is 3.43. The van der Waals surface area contributed by atoms with Gasteiger partial charge in [0.15, 0.2) is 0 Å². The van der Waals surface area contributed by atoms with Gasteiger partial charge in [-0.2, -0.15) is 0 Å². The average molecular weight is 349 g/mol. The van der Waals surface area contributed by atoms with Gasteiger partial charge in [-0.15, -0.1) is 0 Å². The maximum atomic E-state index is 10.6. The lowest BCUT2D eigenvalue weighted by molar-refractivity contribution is -0.384. The molecule has 0 aliphatic rings. The molecule has 0 fully saturated rings. The molecule has 0 saturated carbocycles. The topological polar surface area (TPSA) is 55.2 Å². The van der Waals surface area contributed by atoms with Gasteiger partial charge in [0.2, 0.25) is 0 Å². The summed E-state index contributed by atoms with van der Waals surface area (Å²) in [5.74, 6) is 0. The van der Waals surface area contributed by atoms with Crippen LogP contribution < -0.4 is 5.32 Å². The zero-order valence-corrected chi connectivity index (χ0v) is 13.3. The van der Waals surface area contributed by atoms with Crippen LogP contribution in [0.25, 0.3) is 0 Å². The molecule has 0 radical (unpaired) electrons. The van der Waals surface area contributed by atoms with Crippen LogP contribution in [0.2, 0.25) is 0 Å². The van der Waals surface area contributed by atoms with Gasteiger partial charge >= 0.3 is 0 Å². The van der Waals surface area contributed by atoms with Crippen LogP contribution >= 0.6 is 15.9 Å². The van der Waals surface area contributed by atoms with E-state index in [1.54, 1.807) is 12.1 Å². The monoisotopic (exact) mass is 348 g/mol. The number of rotatable bonds is 6. The molecule has 0 aliphatic carbocycles. The fraction of sp³-hybridized carbons (Fsp3) is 0.250. The highest BCUT2D eigenvalue weighted by atomic mass is 79.9. The maximum Gasteiger partial charge on any atom is 0.269 e. The number of nitrogens with one attached hydrogen (secondary N) is 1. The number of hydrogen-bond acceptors (Lipinski definition) is 3. The lowest BCUT2D eigenvalue weighted by atomic mass is 10.1. The van der Waals surface area contributed by atoms with Crippen molar-refractivity contribution in [1.82, 2.24) is 5.32 Å². The molecule has 5 heteroatoms. The molecule has 0 saturated heterocycles. The van der Waals surface area contributed by atoms with Gasteiger partial charge in [0.05, 0.1) is 4.92 Å². The number of benzene rings is 2. The van der Waals surface area contributed by atoms with Crippen LogP contribution in [0.1, 0.15) is 24.1 Å². The fourth-order valence-electron chi connectivity index (χ4n) is 2.09. The molecule has 0 spiro atoms. The summed E-state index contributed by atoms with van der Waals surface area (Å²) in [7, 11) is 0. The number of hydrogen-bond donors (Lipinski definition) is 1. The Morgan fingerprint density at radius 1 is 1.14 bits per heavy atom. The van der Waals surface area contributed by atoms with Crippen molar-refractivity contribution < 1.29 is 4.92 Å². The third-order valence-electron chi connectivity index (χ3n) is 3.38. The van der Waals surface area contributed by atoms with Crippen LogP contribution in [0.4, 0.5) is 5.69 Å². The van der Waals surface area contributed by atoms with E-state index in [0.717, 1.165) is 23.0 Å². The van der Waals surface area contributed by atoms with Crippen LogP contribution in [0.3, 0.4) is 0 Å². The highest BCUT2D eigenvalue weighted by molar-refractivity contribution is 9.10. The van der Waals surface area contributed by atoms with Gasteiger partial charge in [-0.1, -0.05) is 40.2 Å². The van der Waals surface area contributed by atoms with Crippen LogP contribution in [0.5, 0.6) is 0 Å². The summed E-state index contributed by atoms with van der Waals surface area (Å²) in [5, 5.41) is 14.0. The molecule has 2 aromatic rings. The molecular weight excluding hydrogens is 332 g/mol. The van der Waals surface area contributed by atoms with Crippen molar-refractivity contribution in [2.24, 2.45) is 0 Å². The highest BCUT2D eigenvalue weighted by Crippen LogP contribution is 2.17. The Labute approximate surface area is 132 Å². The smallest absolute Gasteiger partial charge is 0.269 e. The normalized spacial score (nSPS) is 12.1. The van der Waals surface area contributed by atoms with E-state index in [4.69, 9.17) is 0 Å². The second kappa shape index (κ2) is 7.33. The standard InChI is InChI=1S/C16H17BrN2O2/c1-12(14-4-6-15(17)7-5-14)18-11-10-13-2-8-16(9-3-13)19(20)21/h2-9,12,18H,10-11H2,1H3/t12-/m1/s1. The quantitative estimate of drug-likeness (QED) is 0.627. The summed E-state index contributed by atoms with van der Waals surface area (Å²) in [6.07, 6.45) is 0.846. The van der Waals surface area contributed by atoms with Crippen LogP contribution in [0.15, 0.2) is 53.0 Å². The van der Waals surface area contributed by atoms with E-state index in [2.05, 4.69) is 40.3 Å². The lowest BCUT2D eigenvalue weighted by Crippen LogP contribution is -2.21. The van der Waals surface area contributed by atoms with Gasteiger partial charge in [-0.3, -0.25) is 10.1 Å². The zero-order chi connectivity index (χ0) is 15.2. The molecule has 0 heterocycles. The molecule has 0 bridgehead atoms. The molecule has 2 rings (SSSR count). The highest BCUT2D eigenvalue weighted by Gasteiger charge is 2.06. The summed E-state index contributed by atoms with van der Waals surface area (Å²) < 4.78 is 1.07. The Morgan fingerprint density at radius 3 is 2.33 bits per heavy atom. The molecule has 0 aliphatic heterocycles. The lowest BCUT2D eigenvalue weighted by Gasteiger charge is -2.14. The Bertz CT molecular complexity index is 597. The van der Waals surface area contributed by atoms with Gasteiger partial charge in [0, 0.05) is 22.6 Å². The van der Waals surface area contributed by atoms with Crippen LogP contribution in [-0.4, -0.2) is 11.5 Å². The summed E-state index contributed by atoms with van der Waals surface area (Å²) in [4.78, 5) is 10.2. The van der Waals surface area contributed by atoms with E-state index >= 15 is 0 Å². The molecule has 1 atom stereocenters. The molecular formula is C16H17BrN2O2. The first kappa shape index (κ1) is 15.7. The first-order valence-corrected chi connectivity index (χ1v) is 7.58. The Balaban J connectivity index is 1.83. The minimum atomic E-state index is -0.377. The van der Waals surface area contributed by atoms with E-state index in [1.165, 1.54) is 5.56 Å². The van der Waals surface area contributed by atoms with E-state index < -0.39 is 0 Å². The number of halogens is 1. The van der Waals surface area contributed by atoms with E-state index in [0.29, 0.717) is 0 Å². The molecule has 2 aromatic carbocycles. The molecule has 1 N–H and O–H groups in total. The van der Waals surface area contributed by atoms with E-state index in [9.17, 15) is 10.1 Å². The Kier molecular flexibility index (Phi) is 5.47. The second-order valence-corrected chi connectivity index (χ2v) is 5.82. The number of nitro groups is 1. The molecule has 0 amide bonds. The van der Waals surface area contributed by atoms with Gasteiger partial charge in [0.1, 0.15) is 0 Å². The van der Waals surface area contributed by atoms with Crippen molar-refractivity contribution in [2.45, 2.75) is 19.4 Å². The number of nitro benzene ring substituents is 1. The SMILES string of the molecule is C[C@@H](NCCc1ccc([N+](=O)[O-])cc1)c1ccc(Br)cc1. The van der Waals surface area contributed by atoms with Crippen molar-refractivity contribution in [3.05, 3.63) is 74.2 Å². The minimum Gasteiger partial charge on any atom is -0.310 e. The van der Waals surface area contributed by atoms with E-state index in [-0.39, 0.29) is 16.7 Å².